The summed E-state index contributed by atoms with van der Waals surface area (Å²) in [6, 6.07) is 9.09. The van der Waals surface area contributed by atoms with E-state index in [1.807, 2.05) is 0 Å². The standard InChI is InChI=1S/C12H12N6O2/c13-11(7-3-1-5-9(19)15-7)17-18-12(14)8-4-2-6-10(20)16-8/h1-6H,(H2,13,17)(H2,14,18)(H,15,19)(H,16,20). The molecule has 6 N–H and O–H groups in total. The summed E-state index contributed by atoms with van der Waals surface area (Å²) in [6.45, 7) is 0. The van der Waals surface area contributed by atoms with E-state index in [0.29, 0.717) is 0 Å². The van der Waals surface area contributed by atoms with Gasteiger partial charge in [-0.2, -0.15) is 0 Å². The highest BCUT2D eigenvalue weighted by atomic mass is 16.3. The zero-order valence-electron chi connectivity index (χ0n) is 10.3. The lowest BCUT2D eigenvalue weighted by Crippen LogP contribution is -2.17. The van der Waals surface area contributed by atoms with Gasteiger partial charge in [-0.05, 0) is 12.1 Å². The van der Waals surface area contributed by atoms with E-state index in [-0.39, 0.29) is 34.8 Å². The van der Waals surface area contributed by atoms with Crippen molar-refractivity contribution in [2.75, 3.05) is 0 Å². The van der Waals surface area contributed by atoms with E-state index in [0.717, 1.165) is 0 Å². The molecular formula is C12H12N6O2. The molecule has 0 aliphatic carbocycles. The van der Waals surface area contributed by atoms with Crippen LogP contribution in [0.15, 0.2) is 46.6 Å². The molecule has 0 spiro atoms. The third-order valence-corrected chi connectivity index (χ3v) is 2.26. The van der Waals surface area contributed by atoms with Gasteiger partial charge < -0.3 is 21.7 Å². The number of hydrogen-bond acceptors (Lipinski definition) is 6. The van der Waals surface area contributed by atoms with Gasteiger partial charge >= 0.3 is 0 Å². The first-order valence-corrected chi connectivity index (χ1v) is 5.55. The molecular weight excluding hydrogens is 260 g/mol. The fraction of sp³-hybridized carbons (Fsp3) is 0. The highest BCUT2D eigenvalue weighted by molar-refractivity contribution is 5.98. The summed E-state index contributed by atoms with van der Waals surface area (Å²) >= 11 is 0. The van der Waals surface area contributed by atoms with Gasteiger partial charge in [0.2, 0.25) is 11.8 Å². The molecule has 0 saturated carbocycles. The Kier molecular flexibility index (Phi) is 3.75. The van der Waals surface area contributed by atoms with Crippen molar-refractivity contribution in [2.24, 2.45) is 21.7 Å². The Labute approximate surface area is 114 Å². The van der Waals surface area contributed by atoms with E-state index >= 15 is 0 Å². The van der Waals surface area contributed by atoms with Crippen molar-refractivity contribution < 1.29 is 10.2 Å². The molecule has 8 nitrogen and oxygen atoms in total. The fourth-order valence-electron chi connectivity index (χ4n) is 1.34. The smallest absolute Gasteiger partial charge is 0.211 e. The van der Waals surface area contributed by atoms with Gasteiger partial charge in [0.1, 0.15) is 11.4 Å². The second-order valence-electron chi connectivity index (χ2n) is 3.73. The largest absolute Gasteiger partial charge is 0.493 e. The predicted molar refractivity (Wildman–Crippen MR) is 73.3 cm³/mol. The van der Waals surface area contributed by atoms with Crippen LogP contribution in [0, 0.1) is 0 Å². The van der Waals surface area contributed by atoms with Crippen LogP contribution in [0.5, 0.6) is 11.8 Å². The zero-order valence-corrected chi connectivity index (χ0v) is 10.3. The van der Waals surface area contributed by atoms with Crippen molar-refractivity contribution in [1.82, 2.24) is 9.97 Å². The van der Waals surface area contributed by atoms with Crippen LogP contribution in [0.4, 0.5) is 0 Å². The summed E-state index contributed by atoms with van der Waals surface area (Å²) in [7, 11) is 0. The molecule has 0 aromatic carbocycles. The number of aromatic nitrogens is 2. The van der Waals surface area contributed by atoms with E-state index in [2.05, 4.69) is 20.2 Å². The van der Waals surface area contributed by atoms with E-state index in [4.69, 9.17) is 11.5 Å². The quantitative estimate of drug-likeness (QED) is 0.349. The Hall–Kier alpha value is -3.16. The van der Waals surface area contributed by atoms with Crippen molar-refractivity contribution in [3.63, 3.8) is 0 Å². The van der Waals surface area contributed by atoms with Gasteiger partial charge in [0.15, 0.2) is 11.7 Å². The molecule has 0 unspecified atom stereocenters. The maximum absolute atomic E-state index is 9.23. The van der Waals surface area contributed by atoms with Crippen LogP contribution in [0.25, 0.3) is 0 Å². The predicted octanol–water partition coefficient (Wildman–Crippen LogP) is -0.0864. The first-order chi connectivity index (χ1) is 9.56. The molecule has 2 aromatic rings. The second kappa shape index (κ2) is 5.65. The van der Waals surface area contributed by atoms with Crippen molar-refractivity contribution in [1.29, 1.82) is 0 Å². The maximum Gasteiger partial charge on any atom is 0.211 e. The molecule has 0 bridgehead atoms. The van der Waals surface area contributed by atoms with Crippen LogP contribution in [0.1, 0.15) is 11.4 Å². The first-order valence-electron chi connectivity index (χ1n) is 5.55. The molecule has 2 aromatic heterocycles. The van der Waals surface area contributed by atoms with Crippen molar-refractivity contribution >= 4 is 11.7 Å². The van der Waals surface area contributed by atoms with E-state index in [9.17, 15) is 10.2 Å². The Balaban J connectivity index is 2.24. The summed E-state index contributed by atoms with van der Waals surface area (Å²) in [4.78, 5) is 7.54. The highest BCUT2D eigenvalue weighted by Crippen LogP contribution is 2.06. The summed E-state index contributed by atoms with van der Waals surface area (Å²) < 4.78 is 0. The van der Waals surface area contributed by atoms with Crippen LogP contribution in [-0.2, 0) is 0 Å². The minimum Gasteiger partial charge on any atom is -0.493 e. The minimum absolute atomic E-state index is 0.0102. The maximum atomic E-state index is 9.23. The van der Waals surface area contributed by atoms with E-state index in [1.54, 1.807) is 24.3 Å². The van der Waals surface area contributed by atoms with Crippen LogP contribution < -0.4 is 11.5 Å². The Morgan fingerprint density at radius 3 is 1.55 bits per heavy atom. The van der Waals surface area contributed by atoms with Gasteiger partial charge in [-0.15, -0.1) is 10.2 Å². The molecule has 0 saturated heterocycles. The van der Waals surface area contributed by atoms with Crippen molar-refractivity contribution in [3.8, 4) is 11.8 Å². The molecule has 0 radical (unpaired) electrons. The molecule has 0 aliphatic heterocycles. The molecule has 0 atom stereocenters. The summed E-state index contributed by atoms with van der Waals surface area (Å²) in [5.41, 5.74) is 11.9. The summed E-state index contributed by atoms with van der Waals surface area (Å²) in [5, 5.41) is 25.9. The van der Waals surface area contributed by atoms with Crippen LogP contribution >= 0.6 is 0 Å². The lowest BCUT2D eigenvalue weighted by molar-refractivity contribution is 0.452. The third kappa shape index (κ3) is 3.19. The average Bonchev–Trinajstić information content (AvgIpc) is 2.44. The zero-order chi connectivity index (χ0) is 14.5. The van der Waals surface area contributed by atoms with Gasteiger partial charge in [-0.1, -0.05) is 12.1 Å². The number of hydrogen-bond donors (Lipinski definition) is 4. The molecule has 102 valence electrons. The van der Waals surface area contributed by atoms with Gasteiger partial charge in [0, 0.05) is 12.1 Å². The third-order valence-electron chi connectivity index (χ3n) is 2.26. The second-order valence-corrected chi connectivity index (χ2v) is 3.73. The monoisotopic (exact) mass is 272 g/mol. The number of aromatic hydroxyl groups is 2. The first kappa shape index (κ1) is 13.3. The minimum atomic E-state index is -0.174. The lowest BCUT2D eigenvalue weighted by Gasteiger charge is -2.00. The van der Waals surface area contributed by atoms with E-state index in [1.165, 1.54) is 12.1 Å². The van der Waals surface area contributed by atoms with Crippen molar-refractivity contribution in [3.05, 3.63) is 47.8 Å². The Morgan fingerprint density at radius 2 is 1.20 bits per heavy atom. The molecule has 0 amide bonds. The number of nitrogens with two attached hydrogens (primary N) is 2. The van der Waals surface area contributed by atoms with Crippen LogP contribution in [0.3, 0.4) is 0 Å². The SMILES string of the molecule is N/C(=N\N=C(/N)c1cccc(O)n1)c1cccc(O)n1. The summed E-state index contributed by atoms with van der Waals surface area (Å²) in [5.74, 6) is -0.368. The normalized spacial score (nSPS) is 12.4. The Morgan fingerprint density at radius 1 is 0.800 bits per heavy atom. The molecule has 0 aliphatic rings. The molecule has 20 heavy (non-hydrogen) atoms. The van der Waals surface area contributed by atoms with Gasteiger partial charge in [-0.25, -0.2) is 9.97 Å². The molecule has 8 heteroatoms. The van der Waals surface area contributed by atoms with E-state index < -0.39 is 0 Å². The van der Waals surface area contributed by atoms with Crippen LogP contribution in [-0.4, -0.2) is 31.9 Å². The van der Waals surface area contributed by atoms with Crippen molar-refractivity contribution in [2.45, 2.75) is 0 Å². The highest BCUT2D eigenvalue weighted by Gasteiger charge is 2.03. The van der Waals surface area contributed by atoms with Crippen LogP contribution in [0.2, 0.25) is 0 Å². The summed E-state index contributed by atoms with van der Waals surface area (Å²) in [6.07, 6.45) is 0. The number of pyridine rings is 2. The fourth-order valence-corrected chi connectivity index (χ4v) is 1.34. The van der Waals surface area contributed by atoms with Gasteiger partial charge in [0.25, 0.3) is 0 Å². The molecule has 2 heterocycles. The average molecular weight is 272 g/mol. The number of rotatable bonds is 3. The Bertz CT molecular complexity index is 624. The molecule has 0 fully saturated rings. The number of amidine groups is 2. The topological polar surface area (TPSA) is 143 Å². The lowest BCUT2D eigenvalue weighted by atomic mass is 10.3. The van der Waals surface area contributed by atoms with Gasteiger partial charge in [-0.3, -0.25) is 0 Å². The number of nitrogens with zero attached hydrogens (tertiary/aromatic N) is 4. The van der Waals surface area contributed by atoms with Gasteiger partial charge in [0.05, 0.1) is 0 Å². The molecule has 2 rings (SSSR count).